The van der Waals surface area contributed by atoms with Crippen molar-refractivity contribution in [2.45, 2.75) is 25.8 Å². The van der Waals surface area contributed by atoms with E-state index in [0.717, 1.165) is 58.8 Å². The van der Waals surface area contributed by atoms with Crippen LogP contribution in [0.5, 0.6) is 0 Å². The van der Waals surface area contributed by atoms with Crippen molar-refractivity contribution in [1.82, 2.24) is 24.9 Å². The number of carbonyl (C=O) groups excluding carboxylic acids is 1. The molecule has 2 atom stereocenters. The number of likely N-dealkylation sites (N-methyl/N-ethyl adjacent to an activating group) is 2. The first-order valence-corrected chi connectivity index (χ1v) is 9.09. The molecule has 134 valence electrons. The minimum atomic E-state index is 0.118. The fraction of sp³-hybridized carbons (Fsp3) is 0.941. The average molecular weight is 326 g/mol. The molecule has 2 aliphatic heterocycles. The van der Waals surface area contributed by atoms with E-state index in [4.69, 9.17) is 0 Å². The van der Waals surface area contributed by atoms with E-state index in [1.807, 2.05) is 4.90 Å². The summed E-state index contributed by atoms with van der Waals surface area (Å²) in [6.07, 6.45) is 2.32. The maximum Gasteiger partial charge on any atom is 0.317 e. The van der Waals surface area contributed by atoms with Crippen molar-refractivity contribution in [2.75, 3.05) is 73.5 Å². The molecular weight excluding hydrogens is 290 g/mol. The van der Waals surface area contributed by atoms with Gasteiger partial charge in [0.05, 0.1) is 0 Å². The third kappa shape index (κ3) is 5.62. The summed E-state index contributed by atoms with van der Waals surface area (Å²) in [6, 6.07) is 0.541. The lowest BCUT2D eigenvalue weighted by Gasteiger charge is -2.37. The fourth-order valence-electron chi connectivity index (χ4n) is 3.72. The molecule has 0 saturated carbocycles. The van der Waals surface area contributed by atoms with E-state index in [1.165, 1.54) is 6.42 Å². The van der Waals surface area contributed by atoms with Crippen LogP contribution in [0.3, 0.4) is 0 Å². The number of piperazine rings is 1. The number of amides is 2. The Labute approximate surface area is 141 Å². The molecule has 0 spiro atoms. The van der Waals surface area contributed by atoms with Crippen molar-refractivity contribution in [2.24, 2.45) is 5.92 Å². The predicted molar refractivity (Wildman–Crippen MR) is 94.8 cm³/mol. The van der Waals surface area contributed by atoms with Gasteiger partial charge in [0.1, 0.15) is 0 Å². The lowest BCUT2D eigenvalue weighted by atomic mass is 10.1. The highest BCUT2D eigenvalue weighted by molar-refractivity contribution is 5.74. The Morgan fingerprint density at radius 1 is 1.22 bits per heavy atom. The van der Waals surface area contributed by atoms with Crippen molar-refractivity contribution >= 4 is 6.03 Å². The Morgan fingerprint density at radius 3 is 2.74 bits per heavy atom. The Kier molecular flexibility index (Phi) is 7.11. The molecule has 2 aliphatic rings. The van der Waals surface area contributed by atoms with Crippen LogP contribution in [0.25, 0.3) is 0 Å². The van der Waals surface area contributed by atoms with Crippen molar-refractivity contribution in [1.29, 1.82) is 0 Å². The molecule has 0 aromatic carbocycles. The van der Waals surface area contributed by atoms with Crippen LogP contribution in [0, 0.1) is 5.92 Å². The van der Waals surface area contributed by atoms with Crippen LogP contribution >= 0.6 is 0 Å². The van der Waals surface area contributed by atoms with Crippen molar-refractivity contribution in [3.63, 3.8) is 0 Å². The molecule has 2 heterocycles. The van der Waals surface area contributed by atoms with Gasteiger partial charge in [0.15, 0.2) is 0 Å². The van der Waals surface area contributed by atoms with Gasteiger partial charge in [0, 0.05) is 51.9 Å². The van der Waals surface area contributed by atoms with Gasteiger partial charge in [-0.1, -0.05) is 6.92 Å². The third-order valence-corrected chi connectivity index (χ3v) is 5.22. The van der Waals surface area contributed by atoms with E-state index in [1.54, 1.807) is 0 Å². The molecule has 0 aliphatic carbocycles. The van der Waals surface area contributed by atoms with E-state index < -0.39 is 0 Å². The van der Waals surface area contributed by atoms with Gasteiger partial charge in [0.2, 0.25) is 0 Å². The van der Waals surface area contributed by atoms with Crippen molar-refractivity contribution in [3.8, 4) is 0 Å². The van der Waals surface area contributed by atoms with Crippen LogP contribution < -0.4 is 5.32 Å². The van der Waals surface area contributed by atoms with Gasteiger partial charge in [-0.2, -0.15) is 0 Å². The van der Waals surface area contributed by atoms with Gasteiger partial charge in [-0.05, 0) is 46.4 Å². The smallest absolute Gasteiger partial charge is 0.317 e. The van der Waals surface area contributed by atoms with E-state index in [0.29, 0.717) is 12.0 Å². The lowest BCUT2D eigenvalue weighted by molar-refractivity contribution is 0.113. The molecular formula is C17H35N5O. The van der Waals surface area contributed by atoms with E-state index in [9.17, 15) is 4.79 Å². The summed E-state index contributed by atoms with van der Waals surface area (Å²) in [6.45, 7) is 10.2. The minimum Gasteiger partial charge on any atom is -0.336 e. The molecule has 0 aromatic heterocycles. The predicted octanol–water partition coefficient (Wildman–Crippen LogP) is 0.606. The van der Waals surface area contributed by atoms with Crippen LogP contribution in [-0.4, -0.2) is 105 Å². The molecule has 0 bridgehead atoms. The maximum absolute atomic E-state index is 12.4. The summed E-state index contributed by atoms with van der Waals surface area (Å²) in [5.41, 5.74) is 0. The molecule has 6 heteroatoms. The zero-order valence-corrected chi connectivity index (χ0v) is 15.4. The standard InChI is InChI=1S/C17H35N5O/c1-5-7-19(2)12-15-6-8-22(13-15)17(23)18-11-16-14-20(3)9-10-21(16)4/h15-16H,5-14H2,1-4H3,(H,18,23)/t15-,16+/m0/s1. The zero-order valence-electron chi connectivity index (χ0n) is 15.4. The van der Waals surface area contributed by atoms with E-state index in [-0.39, 0.29) is 6.03 Å². The van der Waals surface area contributed by atoms with Crippen molar-refractivity contribution in [3.05, 3.63) is 0 Å². The first-order valence-electron chi connectivity index (χ1n) is 9.09. The molecule has 0 unspecified atom stereocenters. The first kappa shape index (κ1) is 18.5. The van der Waals surface area contributed by atoms with Crippen LogP contribution in [-0.2, 0) is 0 Å². The van der Waals surface area contributed by atoms with Crippen LogP contribution in [0.4, 0.5) is 4.79 Å². The van der Waals surface area contributed by atoms with Crippen molar-refractivity contribution < 1.29 is 4.79 Å². The van der Waals surface area contributed by atoms with Gasteiger partial charge in [-0.15, -0.1) is 0 Å². The number of carbonyl (C=O) groups is 1. The number of likely N-dealkylation sites (tertiary alicyclic amines) is 1. The summed E-state index contributed by atoms with van der Waals surface area (Å²) < 4.78 is 0. The molecule has 2 amide bonds. The van der Waals surface area contributed by atoms with Gasteiger partial charge in [-0.25, -0.2) is 4.79 Å². The van der Waals surface area contributed by atoms with Gasteiger partial charge >= 0.3 is 6.03 Å². The first-order chi connectivity index (χ1) is 11.0. The quantitative estimate of drug-likeness (QED) is 0.777. The number of hydrogen-bond acceptors (Lipinski definition) is 4. The van der Waals surface area contributed by atoms with Crippen LogP contribution in [0.1, 0.15) is 19.8 Å². The van der Waals surface area contributed by atoms with Gasteiger partial charge < -0.3 is 20.0 Å². The Hall–Kier alpha value is -0.850. The minimum absolute atomic E-state index is 0.118. The third-order valence-electron chi connectivity index (χ3n) is 5.22. The second-order valence-electron chi connectivity index (χ2n) is 7.45. The molecule has 1 N–H and O–H groups in total. The fourth-order valence-corrected chi connectivity index (χ4v) is 3.72. The topological polar surface area (TPSA) is 42.1 Å². The maximum atomic E-state index is 12.4. The number of rotatable bonds is 6. The summed E-state index contributed by atoms with van der Waals surface area (Å²) in [7, 11) is 6.49. The summed E-state index contributed by atoms with van der Waals surface area (Å²) in [4.78, 5) is 21.5. The molecule has 23 heavy (non-hydrogen) atoms. The monoisotopic (exact) mass is 325 g/mol. The zero-order chi connectivity index (χ0) is 16.8. The molecule has 0 radical (unpaired) electrons. The Morgan fingerprint density at radius 2 is 2.00 bits per heavy atom. The number of hydrogen-bond donors (Lipinski definition) is 1. The Bertz CT molecular complexity index is 378. The highest BCUT2D eigenvalue weighted by Gasteiger charge is 2.28. The second-order valence-corrected chi connectivity index (χ2v) is 7.45. The summed E-state index contributed by atoms with van der Waals surface area (Å²) >= 11 is 0. The molecule has 0 aromatic rings. The second kappa shape index (κ2) is 8.85. The van der Waals surface area contributed by atoms with E-state index >= 15 is 0 Å². The molecule has 2 rings (SSSR count). The van der Waals surface area contributed by atoms with Crippen LogP contribution in [0.2, 0.25) is 0 Å². The molecule has 6 nitrogen and oxygen atoms in total. The largest absolute Gasteiger partial charge is 0.336 e. The van der Waals surface area contributed by atoms with Gasteiger partial charge in [0.25, 0.3) is 0 Å². The lowest BCUT2D eigenvalue weighted by Crippen LogP contribution is -2.55. The summed E-state index contributed by atoms with van der Waals surface area (Å²) in [5.74, 6) is 0.626. The highest BCUT2D eigenvalue weighted by Crippen LogP contribution is 2.17. The van der Waals surface area contributed by atoms with Gasteiger partial charge in [-0.3, -0.25) is 4.90 Å². The normalized spacial score (nSPS) is 26.9. The molecule has 2 saturated heterocycles. The number of nitrogens with zero attached hydrogens (tertiary/aromatic N) is 4. The number of urea groups is 1. The average Bonchev–Trinajstić information content (AvgIpc) is 2.96. The highest BCUT2D eigenvalue weighted by atomic mass is 16.2. The van der Waals surface area contributed by atoms with E-state index in [2.05, 4.69) is 48.1 Å². The number of nitrogens with one attached hydrogen (secondary N) is 1. The summed E-state index contributed by atoms with van der Waals surface area (Å²) in [5, 5.41) is 3.15. The van der Waals surface area contributed by atoms with Crippen LogP contribution in [0.15, 0.2) is 0 Å². The SMILES string of the molecule is CCCN(C)C[C@@H]1CCN(C(=O)NC[C@@H]2CN(C)CCN2C)C1. The Balaban J connectivity index is 1.70. The molecule has 2 fully saturated rings.